The Morgan fingerprint density at radius 1 is 0.960 bits per heavy atom. The summed E-state index contributed by atoms with van der Waals surface area (Å²) in [7, 11) is 3.36. The second kappa shape index (κ2) is 7.79. The minimum absolute atomic E-state index is 0.149. The van der Waals surface area contributed by atoms with E-state index in [2.05, 4.69) is 17.4 Å². The van der Waals surface area contributed by atoms with Gasteiger partial charge in [0.1, 0.15) is 5.75 Å². The van der Waals surface area contributed by atoms with Crippen molar-refractivity contribution in [2.45, 2.75) is 37.6 Å². The highest BCUT2D eigenvalue weighted by Gasteiger charge is 2.35. The predicted octanol–water partition coefficient (Wildman–Crippen LogP) is 4.01. The van der Waals surface area contributed by atoms with Gasteiger partial charge in [-0.2, -0.15) is 0 Å². The van der Waals surface area contributed by atoms with Crippen LogP contribution in [-0.2, 0) is 12.0 Å². The summed E-state index contributed by atoms with van der Waals surface area (Å²) in [6, 6.07) is 13.7. The van der Waals surface area contributed by atoms with Gasteiger partial charge < -0.3 is 19.9 Å². The van der Waals surface area contributed by atoms with Gasteiger partial charge in [0.25, 0.3) is 0 Å². The molecule has 0 saturated heterocycles. The molecule has 0 bridgehead atoms. The van der Waals surface area contributed by atoms with Gasteiger partial charge in [-0.25, -0.2) is 0 Å². The number of phenols is 1. The van der Waals surface area contributed by atoms with E-state index in [1.807, 2.05) is 18.2 Å². The molecule has 0 aromatic heterocycles. The molecule has 0 spiro atoms. The van der Waals surface area contributed by atoms with Crippen molar-refractivity contribution >= 4 is 0 Å². The first-order chi connectivity index (χ1) is 12.2. The number of methoxy groups -OCH3 is 2. The maximum absolute atomic E-state index is 9.39. The number of benzene rings is 2. The van der Waals surface area contributed by atoms with Gasteiger partial charge in [-0.05, 0) is 48.2 Å². The number of phenolic OH excluding ortho intramolecular Hbond substituents is 1. The first-order valence-corrected chi connectivity index (χ1v) is 8.88. The fourth-order valence-electron chi connectivity index (χ4n) is 3.85. The van der Waals surface area contributed by atoms with E-state index >= 15 is 0 Å². The van der Waals surface area contributed by atoms with Gasteiger partial charge in [0.05, 0.1) is 14.2 Å². The molecule has 1 fully saturated rings. The van der Waals surface area contributed by atoms with Gasteiger partial charge in [0, 0.05) is 18.5 Å². The van der Waals surface area contributed by atoms with Crippen LogP contribution in [0.4, 0.5) is 0 Å². The Balaban J connectivity index is 1.74. The lowest BCUT2D eigenvalue weighted by Gasteiger charge is -2.31. The molecular formula is C21H27NO3. The van der Waals surface area contributed by atoms with Crippen LogP contribution in [-0.4, -0.2) is 25.9 Å². The summed E-state index contributed by atoms with van der Waals surface area (Å²) in [5, 5.41) is 13.0. The molecule has 25 heavy (non-hydrogen) atoms. The molecule has 0 amide bonds. The van der Waals surface area contributed by atoms with E-state index in [4.69, 9.17) is 9.47 Å². The second-order valence-electron chi connectivity index (χ2n) is 6.83. The van der Waals surface area contributed by atoms with Crippen molar-refractivity contribution in [3.8, 4) is 17.2 Å². The Morgan fingerprint density at radius 2 is 1.64 bits per heavy atom. The topological polar surface area (TPSA) is 50.7 Å². The molecule has 3 rings (SSSR count). The Hall–Kier alpha value is -2.20. The number of hydrogen-bond donors (Lipinski definition) is 2. The van der Waals surface area contributed by atoms with Crippen LogP contribution < -0.4 is 14.8 Å². The zero-order chi connectivity index (χ0) is 17.7. The zero-order valence-corrected chi connectivity index (χ0v) is 15.0. The van der Waals surface area contributed by atoms with Crippen molar-refractivity contribution in [3.05, 3.63) is 53.6 Å². The molecule has 1 aliphatic carbocycles. The number of hydrogen-bond acceptors (Lipinski definition) is 4. The third-order valence-corrected chi connectivity index (χ3v) is 5.29. The van der Waals surface area contributed by atoms with Crippen LogP contribution in [0.1, 0.15) is 36.8 Å². The summed E-state index contributed by atoms with van der Waals surface area (Å²) in [4.78, 5) is 0. The molecule has 4 nitrogen and oxygen atoms in total. The number of ether oxygens (including phenoxy) is 2. The highest BCUT2D eigenvalue weighted by molar-refractivity contribution is 5.45. The summed E-state index contributed by atoms with van der Waals surface area (Å²) < 4.78 is 10.9. The summed E-state index contributed by atoms with van der Waals surface area (Å²) in [6.45, 7) is 1.73. The Kier molecular flexibility index (Phi) is 5.49. The predicted molar refractivity (Wildman–Crippen MR) is 99.5 cm³/mol. The summed E-state index contributed by atoms with van der Waals surface area (Å²) in [5.41, 5.74) is 2.65. The fourth-order valence-corrected chi connectivity index (χ4v) is 3.85. The first-order valence-electron chi connectivity index (χ1n) is 8.88. The van der Waals surface area contributed by atoms with E-state index in [1.165, 1.54) is 36.8 Å². The minimum atomic E-state index is 0.149. The van der Waals surface area contributed by atoms with Crippen LogP contribution in [0.15, 0.2) is 42.5 Å². The molecule has 0 aliphatic heterocycles. The van der Waals surface area contributed by atoms with Gasteiger partial charge in [-0.15, -0.1) is 0 Å². The lowest BCUT2D eigenvalue weighted by Crippen LogP contribution is -2.35. The van der Waals surface area contributed by atoms with Crippen LogP contribution in [0.2, 0.25) is 0 Å². The third kappa shape index (κ3) is 3.90. The normalized spacial score (nSPS) is 15.9. The van der Waals surface area contributed by atoms with Crippen molar-refractivity contribution in [2.24, 2.45) is 0 Å². The van der Waals surface area contributed by atoms with Gasteiger partial charge in [0.15, 0.2) is 11.5 Å². The quantitative estimate of drug-likeness (QED) is 0.799. The molecule has 0 radical (unpaired) electrons. The number of nitrogens with one attached hydrogen (secondary N) is 1. The van der Waals surface area contributed by atoms with E-state index in [1.54, 1.807) is 26.4 Å². The van der Waals surface area contributed by atoms with Crippen molar-refractivity contribution < 1.29 is 14.6 Å². The summed E-state index contributed by atoms with van der Waals surface area (Å²) in [5.74, 6) is 1.88. The lowest BCUT2D eigenvalue weighted by atomic mass is 9.78. The maximum atomic E-state index is 9.39. The van der Waals surface area contributed by atoms with Gasteiger partial charge in [0.2, 0.25) is 0 Å². The van der Waals surface area contributed by atoms with Crippen LogP contribution in [0.3, 0.4) is 0 Å². The molecule has 0 atom stereocenters. The smallest absolute Gasteiger partial charge is 0.161 e. The van der Waals surface area contributed by atoms with E-state index in [0.717, 1.165) is 24.6 Å². The van der Waals surface area contributed by atoms with Crippen molar-refractivity contribution in [2.75, 3.05) is 20.8 Å². The van der Waals surface area contributed by atoms with Crippen molar-refractivity contribution in [1.82, 2.24) is 5.32 Å². The Morgan fingerprint density at radius 3 is 2.28 bits per heavy atom. The summed E-state index contributed by atoms with van der Waals surface area (Å²) in [6.07, 6.45) is 4.89. The number of aromatic hydroxyl groups is 1. The van der Waals surface area contributed by atoms with Crippen LogP contribution in [0.25, 0.3) is 0 Å². The summed E-state index contributed by atoms with van der Waals surface area (Å²) >= 11 is 0. The van der Waals surface area contributed by atoms with Crippen LogP contribution >= 0.6 is 0 Å². The highest BCUT2D eigenvalue weighted by atomic mass is 16.5. The molecule has 4 heteroatoms. The average molecular weight is 341 g/mol. The largest absolute Gasteiger partial charge is 0.508 e. The SMILES string of the molecule is COc1ccc(C2(CNCc3ccc(O)cc3)CCCC2)cc1OC. The molecule has 1 saturated carbocycles. The van der Waals surface area contributed by atoms with E-state index in [9.17, 15) is 5.11 Å². The second-order valence-corrected chi connectivity index (χ2v) is 6.83. The minimum Gasteiger partial charge on any atom is -0.508 e. The fraction of sp³-hybridized carbons (Fsp3) is 0.429. The number of rotatable bonds is 7. The molecule has 2 N–H and O–H groups in total. The van der Waals surface area contributed by atoms with E-state index in [0.29, 0.717) is 5.75 Å². The Labute approximate surface area is 149 Å². The van der Waals surface area contributed by atoms with E-state index < -0.39 is 0 Å². The molecule has 2 aromatic carbocycles. The van der Waals surface area contributed by atoms with Gasteiger partial charge in [-0.3, -0.25) is 0 Å². The molecule has 2 aromatic rings. The van der Waals surface area contributed by atoms with Crippen LogP contribution in [0, 0.1) is 0 Å². The van der Waals surface area contributed by atoms with E-state index in [-0.39, 0.29) is 5.41 Å². The highest BCUT2D eigenvalue weighted by Crippen LogP contribution is 2.43. The zero-order valence-electron chi connectivity index (χ0n) is 15.0. The standard InChI is InChI=1S/C21H27NO3/c1-24-19-10-7-17(13-20(19)25-2)21(11-3-4-12-21)15-22-14-16-5-8-18(23)9-6-16/h5-10,13,22-23H,3-4,11-12,14-15H2,1-2H3. The first kappa shape index (κ1) is 17.6. The molecule has 134 valence electrons. The van der Waals surface area contributed by atoms with Gasteiger partial charge in [-0.1, -0.05) is 31.0 Å². The lowest BCUT2D eigenvalue weighted by molar-refractivity contribution is 0.350. The van der Waals surface area contributed by atoms with Crippen LogP contribution in [0.5, 0.6) is 17.2 Å². The monoisotopic (exact) mass is 341 g/mol. The molecule has 1 aliphatic rings. The third-order valence-electron chi connectivity index (χ3n) is 5.29. The molecular weight excluding hydrogens is 314 g/mol. The Bertz CT molecular complexity index is 691. The van der Waals surface area contributed by atoms with Gasteiger partial charge >= 0.3 is 0 Å². The molecule has 0 unspecified atom stereocenters. The van der Waals surface area contributed by atoms with Crippen molar-refractivity contribution in [3.63, 3.8) is 0 Å². The average Bonchev–Trinajstić information content (AvgIpc) is 3.13. The van der Waals surface area contributed by atoms with Crippen molar-refractivity contribution in [1.29, 1.82) is 0 Å². The molecule has 0 heterocycles. The maximum Gasteiger partial charge on any atom is 0.161 e.